The van der Waals surface area contributed by atoms with E-state index in [9.17, 15) is 14.4 Å². The summed E-state index contributed by atoms with van der Waals surface area (Å²) in [5.41, 5.74) is 1.03. The second-order valence-corrected chi connectivity index (χ2v) is 9.99. The minimum absolute atomic E-state index is 0.0334. The maximum absolute atomic E-state index is 13.6. The van der Waals surface area contributed by atoms with Crippen LogP contribution in [-0.4, -0.2) is 45.2 Å². The van der Waals surface area contributed by atoms with Crippen molar-refractivity contribution in [1.82, 2.24) is 19.8 Å². The number of amides is 3. The zero-order valence-electron chi connectivity index (χ0n) is 17.1. The van der Waals surface area contributed by atoms with Crippen LogP contribution in [0.3, 0.4) is 0 Å². The first-order valence-corrected chi connectivity index (χ1v) is 12.1. The Morgan fingerprint density at radius 2 is 2.29 bits per heavy atom. The molecule has 0 bridgehead atoms. The number of furan rings is 1. The predicted molar refractivity (Wildman–Crippen MR) is 119 cm³/mol. The van der Waals surface area contributed by atoms with Crippen molar-refractivity contribution in [3.8, 4) is 0 Å². The molecular weight excluding hydrogens is 436 g/mol. The highest BCUT2D eigenvalue weighted by atomic mass is 32.2. The topological polar surface area (TPSA) is 97.4 Å². The number of aryl methyl sites for hydroxylation is 1. The molecule has 4 heterocycles. The van der Waals surface area contributed by atoms with Gasteiger partial charge in [0.25, 0.3) is 5.56 Å². The second-order valence-electron chi connectivity index (χ2n) is 7.96. The van der Waals surface area contributed by atoms with Crippen LogP contribution < -0.4 is 10.9 Å². The summed E-state index contributed by atoms with van der Waals surface area (Å²) in [5.74, 6) is 0.987. The molecule has 1 saturated heterocycles. The van der Waals surface area contributed by atoms with E-state index in [0.29, 0.717) is 35.3 Å². The number of aromatic nitrogens is 2. The summed E-state index contributed by atoms with van der Waals surface area (Å²) in [6.45, 7) is 3.30. The summed E-state index contributed by atoms with van der Waals surface area (Å²) < 4.78 is 7.06. The molecule has 3 aromatic heterocycles. The molecule has 1 atom stereocenters. The van der Waals surface area contributed by atoms with Crippen LogP contribution in [0.4, 0.5) is 4.79 Å². The normalized spacial score (nSPS) is 18.4. The predicted octanol–water partition coefficient (Wildman–Crippen LogP) is 2.87. The molecule has 1 fully saturated rings. The van der Waals surface area contributed by atoms with Gasteiger partial charge in [-0.25, -0.2) is 9.78 Å². The lowest BCUT2D eigenvalue weighted by Gasteiger charge is -2.17. The molecule has 0 aromatic carbocycles. The van der Waals surface area contributed by atoms with Crippen molar-refractivity contribution in [3.05, 3.63) is 45.0 Å². The average Bonchev–Trinajstić information content (AvgIpc) is 3.48. The fourth-order valence-corrected chi connectivity index (χ4v) is 6.43. The van der Waals surface area contributed by atoms with Crippen molar-refractivity contribution < 1.29 is 14.0 Å². The molecule has 162 valence electrons. The van der Waals surface area contributed by atoms with Gasteiger partial charge in [0.15, 0.2) is 5.16 Å². The lowest BCUT2D eigenvalue weighted by Crippen LogP contribution is -2.35. The van der Waals surface area contributed by atoms with Gasteiger partial charge >= 0.3 is 6.03 Å². The molecule has 10 heteroatoms. The first-order chi connectivity index (χ1) is 15.0. The largest absolute Gasteiger partial charge is 0.467 e. The van der Waals surface area contributed by atoms with Gasteiger partial charge in [-0.05, 0) is 42.9 Å². The number of nitrogens with one attached hydrogen (secondary N) is 1. The van der Waals surface area contributed by atoms with Crippen LogP contribution >= 0.6 is 23.1 Å². The van der Waals surface area contributed by atoms with E-state index in [1.165, 1.54) is 21.5 Å². The molecule has 1 N–H and O–H groups in total. The number of urea groups is 1. The Morgan fingerprint density at radius 1 is 1.42 bits per heavy atom. The number of hydrogen-bond acceptors (Lipinski definition) is 7. The Balaban J connectivity index is 1.53. The highest BCUT2D eigenvalue weighted by molar-refractivity contribution is 7.99. The zero-order chi connectivity index (χ0) is 21.5. The number of thioether (sulfide) groups is 1. The molecule has 2 aliphatic rings. The quantitative estimate of drug-likeness (QED) is 0.466. The molecular formula is C21H22N4O4S2. The van der Waals surface area contributed by atoms with Crippen LogP contribution in [0.2, 0.25) is 0 Å². The molecule has 31 heavy (non-hydrogen) atoms. The molecule has 1 unspecified atom stereocenters. The summed E-state index contributed by atoms with van der Waals surface area (Å²) in [6.07, 6.45) is 4.50. The van der Waals surface area contributed by atoms with Crippen LogP contribution in [0.25, 0.3) is 10.2 Å². The van der Waals surface area contributed by atoms with E-state index in [1.54, 1.807) is 28.2 Å². The number of thiophene rings is 1. The highest BCUT2D eigenvalue weighted by Crippen LogP contribution is 2.36. The van der Waals surface area contributed by atoms with E-state index in [2.05, 4.69) is 12.2 Å². The van der Waals surface area contributed by atoms with Crippen LogP contribution in [0, 0.1) is 5.92 Å². The number of carbonyl (C=O) groups excluding carboxylic acids is 2. The Hall–Kier alpha value is -2.59. The highest BCUT2D eigenvalue weighted by Gasteiger charge is 2.28. The van der Waals surface area contributed by atoms with Crippen molar-refractivity contribution in [1.29, 1.82) is 0 Å². The lowest BCUT2D eigenvalue weighted by atomic mass is 9.89. The molecule has 3 amide bonds. The first kappa shape index (κ1) is 20.3. The van der Waals surface area contributed by atoms with Gasteiger partial charge in [-0.2, -0.15) is 0 Å². The smallest absolute Gasteiger partial charge is 0.324 e. The lowest BCUT2D eigenvalue weighted by molar-refractivity contribution is -0.124. The van der Waals surface area contributed by atoms with Gasteiger partial charge < -0.3 is 9.73 Å². The molecule has 1 aliphatic carbocycles. The van der Waals surface area contributed by atoms with Crippen molar-refractivity contribution in [2.24, 2.45) is 5.92 Å². The monoisotopic (exact) mass is 458 g/mol. The van der Waals surface area contributed by atoms with Gasteiger partial charge in [0.05, 0.1) is 23.9 Å². The molecule has 3 aromatic rings. The molecule has 0 spiro atoms. The summed E-state index contributed by atoms with van der Waals surface area (Å²) in [7, 11) is 0. The summed E-state index contributed by atoms with van der Waals surface area (Å²) in [6, 6.07) is 3.22. The third kappa shape index (κ3) is 3.78. The Labute approximate surface area is 186 Å². The number of imide groups is 1. The average molecular weight is 459 g/mol. The van der Waals surface area contributed by atoms with Gasteiger partial charge in [-0.15, -0.1) is 11.3 Å². The number of nitrogens with zero attached hydrogens (tertiary/aromatic N) is 3. The van der Waals surface area contributed by atoms with E-state index in [1.807, 2.05) is 6.07 Å². The number of fused-ring (bicyclic) bond motifs is 3. The number of carbonyl (C=O) groups is 2. The number of hydrogen-bond donors (Lipinski definition) is 1. The maximum Gasteiger partial charge on any atom is 0.324 e. The zero-order valence-corrected chi connectivity index (χ0v) is 18.7. The van der Waals surface area contributed by atoms with E-state index in [-0.39, 0.29) is 29.8 Å². The number of rotatable bonds is 5. The minimum atomic E-state index is -0.373. The van der Waals surface area contributed by atoms with E-state index in [4.69, 9.17) is 9.40 Å². The SMILES string of the molecule is CC1CCc2c(sc3nc(SCC(=O)N4CCNC4=O)n(Cc4ccco4)c(=O)c23)C1. The van der Waals surface area contributed by atoms with Gasteiger partial charge in [-0.1, -0.05) is 18.7 Å². The van der Waals surface area contributed by atoms with Gasteiger partial charge in [-0.3, -0.25) is 19.1 Å². The van der Waals surface area contributed by atoms with Gasteiger partial charge in [0.2, 0.25) is 5.91 Å². The fraction of sp³-hybridized carbons (Fsp3) is 0.429. The first-order valence-electron chi connectivity index (χ1n) is 10.3. The van der Waals surface area contributed by atoms with E-state index < -0.39 is 0 Å². The van der Waals surface area contributed by atoms with E-state index in [0.717, 1.165) is 29.7 Å². The van der Waals surface area contributed by atoms with Gasteiger partial charge in [0.1, 0.15) is 10.6 Å². The standard InChI is InChI=1S/C21H22N4O4S2/c1-12-4-5-14-15(9-12)31-18-17(14)19(27)25(10-13-3-2-8-29-13)21(23-18)30-11-16(26)24-7-6-22-20(24)28/h2-3,8,12H,4-7,9-11H2,1H3,(H,22,28). The Kier molecular flexibility index (Phi) is 5.35. The molecule has 0 radical (unpaired) electrons. The Bertz CT molecular complexity index is 1210. The summed E-state index contributed by atoms with van der Waals surface area (Å²) in [4.78, 5) is 45.8. The summed E-state index contributed by atoms with van der Waals surface area (Å²) in [5, 5.41) is 3.80. The maximum atomic E-state index is 13.6. The van der Waals surface area contributed by atoms with Gasteiger partial charge in [0, 0.05) is 18.0 Å². The summed E-state index contributed by atoms with van der Waals surface area (Å²) >= 11 is 2.77. The Morgan fingerprint density at radius 3 is 3.03 bits per heavy atom. The van der Waals surface area contributed by atoms with Crippen molar-refractivity contribution in [3.63, 3.8) is 0 Å². The minimum Gasteiger partial charge on any atom is -0.467 e. The molecule has 8 nitrogen and oxygen atoms in total. The second kappa shape index (κ2) is 8.16. The third-order valence-corrected chi connectivity index (χ3v) is 7.87. The van der Waals surface area contributed by atoms with E-state index >= 15 is 0 Å². The fourth-order valence-electron chi connectivity index (χ4n) is 4.13. The van der Waals surface area contributed by atoms with Crippen LogP contribution in [-0.2, 0) is 24.2 Å². The molecule has 5 rings (SSSR count). The third-order valence-electron chi connectivity index (χ3n) is 5.76. The molecule has 0 saturated carbocycles. The van der Waals surface area contributed by atoms with Crippen molar-refractivity contribution >= 4 is 45.3 Å². The van der Waals surface area contributed by atoms with Crippen molar-refractivity contribution in [2.75, 3.05) is 18.8 Å². The molecule has 1 aliphatic heterocycles. The van der Waals surface area contributed by atoms with Crippen LogP contribution in [0.15, 0.2) is 32.8 Å². The van der Waals surface area contributed by atoms with Crippen molar-refractivity contribution in [2.45, 2.75) is 37.9 Å². The van der Waals surface area contributed by atoms with Crippen LogP contribution in [0.5, 0.6) is 0 Å². The van der Waals surface area contributed by atoms with Crippen LogP contribution in [0.1, 0.15) is 29.5 Å².